The van der Waals surface area contributed by atoms with Crippen LogP contribution in [-0.2, 0) is 6.54 Å². The number of halogens is 1. The second-order valence-electron chi connectivity index (χ2n) is 6.50. The predicted octanol–water partition coefficient (Wildman–Crippen LogP) is 5.40. The van der Waals surface area contributed by atoms with Crippen LogP contribution in [0.25, 0.3) is 22.5 Å². The number of oxazole rings is 1. The molecule has 4 rings (SSSR count). The molecule has 138 valence electrons. The Hall–Kier alpha value is -3.36. The number of benzene rings is 2. The van der Waals surface area contributed by atoms with E-state index in [4.69, 9.17) is 26.4 Å². The van der Waals surface area contributed by atoms with E-state index in [1.54, 1.807) is 6.07 Å². The number of hydrogen-bond acceptors (Lipinski definition) is 4. The van der Waals surface area contributed by atoms with Crippen molar-refractivity contribution in [3.8, 4) is 28.5 Å². The van der Waals surface area contributed by atoms with Crippen LogP contribution >= 0.6 is 11.6 Å². The van der Waals surface area contributed by atoms with Crippen LogP contribution < -0.4 is 0 Å². The molecule has 5 nitrogen and oxygen atoms in total. The van der Waals surface area contributed by atoms with E-state index in [9.17, 15) is 0 Å². The van der Waals surface area contributed by atoms with Gasteiger partial charge in [-0.05, 0) is 31.5 Å². The van der Waals surface area contributed by atoms with Crippen molar-refractivity contribution < 1.29 is 4.42 Å². The molecule has 0 aliphatic heterocycles. The summed E-state index contributed by atoms with van der Waals surface area (Å²) in [4.78, 5) is 4.39. The second-order valence-corrected chi connectivity index (χ2v) is 6.91. The predicted molar refractivity (Wildman–Crippen MR) is 108 cm³/mol. The fraction of sp³-hybridized carbons (Fsp3) is 0.136. The van der Waals surface area contributed by atoms with E-state index in [0.717, 1.165) is 39.5 Å². The molecule has 0 unspecified atom stereocenters. The average molecular weight is 389 g/mol. The van der Waals surface area contributed by atoms with Crippen LogP contribution in [0.5, 0.6) is 0 Å². The molecule has 0 aliphatic rings. The third kappa shape index (κ3) is 3.19. The number of rotatable bonds is 4. The molecule has 0 N–H and O–H groups in total. The second kappa shape index (κ2) is 7.34. The molecular weight excluding hydrogens is 372 g/mol. The largest absolute Gasteiger partial charge is 0.443 e. The molecule has 2 aromatic heterocycles. The van der Waals surface area contributed by atoms with E-state index in [-0.39, 0.29) is 0 Å². The molecule has 0 amide bonds. The quantitative estimate of drug-likeness (QED) is 0.469. The van der Waals surface area contributed by atoms with Crippen LogP contribution in [0.4, 0.5) is 0 Å². The first-order valence-corrected chi connectivity index (χ1v) is 9.18. The summed E-state index contributed by atoms with van der Waals surface area (Å²) in [7, 11) is 0. The highest BCUT2D eigenvalue weighted by molar-refractivity contribution is 6.32. The molecule has 4 aromatic rings. The third-order valence-corrected chi connectivity index (χ3v) is 5.05. The van der Waals surface area contributed by atoms with Gasteiger partial charge in [0.25, 0.3) is 0 Å². The molecular formula is C22H17ClN4O. The highest BCUT2D eigenvalue weighted by Gasteiger charge is 2.18. The topological polar surface area (TPSA) is 67.6 Å². The smallest absolute Gasteiger partial charge is 0.181 e. The van der Waals surface area contributed by atoms with Crippen LogP contribution in [0.15, 0.2) is 59.3 Å². The molecule has 28 heavy (non-hydrogen) atoms. The Morgan fingerprint density at radius 3 is 2.61 bits per heavy atom. The van der Waals surface area contributed by atoms with Gasteiger partial charge in [-0.1, -0.05) is 48.0 Å². The molecule has 0 atom stereocenters. The zero-order valence-corrected chi connectivity index (χ0v) is 16.2. The van der Waals surface area contributed by atoms with Crippen molar-refractivity contribution in [1.29, 1.82) is 5.26 Å². The van der Waals surface area contributed by atoms with E-state index in [1.807, 2.05) is 61.0 Å². The van der Waals surface area contributed by atoms with Crippen LogP contribution in [0.1, 0.15) is 22.6 Å². The van der Waals surface area contributed by atoms with Gasteiger partial charge in [-0.25, -0.2) is 4.98 Å². The van der Waals surface area contributed by atoms with Gasteiger partial charge < -0.3 is 4.42 Å². The van der Waals surface area contributed by atoms with Gasteiger partial charge in [0.15, 0.2) is 12.2 Å². The van der Waals surface area contributed by atoms with Gasteiger partial charge in [-0.15, -0.1) is 0 Å². The maximum absolute atomic E-state index is 9.09. The van der Waals surface area contributed by atoms with E-state index >= 15 is 0 Å². The Balaban J connectivity index is 1.71. The van der Waals surface area contributed by atoms with E-state index in [0.29, 0.717) is 17.1 Å². The highest BCUT2D eigenvalue weighted by atomic mass is 35.5. The molecule has 2 heterocycles. The summed E-state index contributed by atoms with van der Waals surface area (Å²) in [6, 6.07) is 17.4. The van der Waals surface area contributed by atoms with Gasteiger partial charge in [0.1, 0.15) is 11.8 Å². The Morgan fingerprint density at radius 1 is 1.11 bits per heavy atom. The minimum absolute atomic E-state index is 0.439. The summed E-state index contributed by atoms with van der Waals surface area (Å²) in [5.74, 6) is 0.746. The Kier molecular flexibility index (Phi) is 4.72. The van der Waals surface area contributed by atoms with Gasteiger partial charge >= 0.3 is 0 Å². The summed E-state index contributed by atoms with van der Waals surface area (Å²) in [5.41, 5.74) is 6.10. The molecule has 0 spiro atoms. The molecule has 0 fully saturated rings. The Labute approximate surface area is 167 Å². The minimum Gasteiger partial charge on any atom is -0.443 e. The summed E-state index contributed by atoms with van der Waals surface area (Å²) in [5, 5.41) is 14.2. The average Bonchev–Trinajstić information content (AvgIpc) is 3.27. The van der Waals surface area contributed by atoms with Gasteiger partial charge in [-0.2, -0.15) is 10.4 Å². The van der Waals surface area contributed by atoms with E-state index in [2.05, 4.69) is 11.1 Å². The van der Waals surface area contributed by atoms with Crippen molar-refractivity contribution >= 4 is 11.6 Å². The molecule has 6 heteroatoms. The standard InChI is InChI=1S/C22H17ClN4O/c1-14-21(17-8-9-18(11-24)19(23)10-17)15(2)27(26-14)12-20-22(28-13-25-20)16-6-4-3-5-7-16/h3-10,13H,12H2,1-2H3. The summed E-state index contributed by atoms with van der Waals surface area (Å²) in [6.07, 6.45) is 1.46. The van der Waals surface area contributed by atoms with Crippen LogP contribution in [-0.4, -0.2) is 14.8 Å². The monoisotopic (exact) mass is 388 g/mol. The van der Waals surface area contributed by atoms with Gasteiger partial charge in [-0.3, -0.25) is 4.68 Å². The fourth-order valence-electron chi connectivity index (χ4n) is 3.38. The first-order valence-electron chi connectivity index (χ1n) is 8.80. The number of nitrogens with zero attached hydrogens (tertiary/aromatic N) is 4. The zero-order valence-electron chi connectivity index (χ0n) is 15.5. The lowest BCUT2D eigenvalue weighted by Gasteiger charge is -2.07. The normalized spacial score (nSPS) is 10.8. The van der Waals surface area contributed by atoms with Crippen molar-refractivity contribution in [2.24, 2.45) is 0 Å². The van der Waals surface area contributed by atoms with Crippen molar-refractivity contribution in [2.45, 2.75) is 20.4 Å². The van der Waals surface area contributed by atoms with Crippen LogP contribution in [0, 0.1) is 25.2 Å². The molecule has 2 aromatic carbocycles. The maximum atomic E-state index is 9.09. The fourth-order valence-corrected chi connectivity index (χ4v) is 3.60. The molecule has 0 radical (unpaired) electrons. The lowest BCUT2D eigenvalue weighted by atomic mass is 10.0. The van der Waals surface area contributed by atoms with Gasteiger partial charge in [0.05, 0.1) is 22.8 Å². The summed E-state index contributed by atoms with van der Waals surface area (Å²) >= 11 is 6.22. The number of nitriles is 1. The van der Waals surface area contributed by atoms with E-state index < -0.39 is 0 Å². The van der Waals surface area contributed by atoms with Crippen LogP contribution in [0.3, 0.4) is 0 Å². The first kappa shape index (κ1) is 18.0. The van der Waals surface area contributed by atoms with Gasteiger partial charge in [0.2, 0.25) is 0 Å². The molecule has 0 bridgehead atoms. The van der Waals surface area contributed by atoms with Crippen molar-refractivity contribution in [3.63, 3.8) is 0 Å². The van der Waals surface area contributed by atoms with Crippen molar-refractivity contribution in [3.05, 3.63) is 82.6 Å². The number of aromatic nitrogens is 3. The first-order chi connectivity index (χ1) is 13.6. The number of hydrogen-bond donors (Lipinski definition) is 0. The van der Waals surface area contributed by atoms with Crippen molar-refractivity contribution in [2.75, 3.05) is 0 Å². The highest BCUT2D eigenvalue weighted by Crippen LogP contribution is 2.31. The molecule has 0 saturated carbocycles. The van der Waals surface area contributed by atoms with Crippen LogP contribution in [0.2, 0.25) is 5.02 Å². The lowest BCUT2D eigenvalue weighted by molar-refractivity contribution is 0.568. The molecule has 0 aliphatic carbocycles. The summed E-state index contributed by atoms with van der Waals surface area (Å²) in [6.45, 7) is 4.48. The SMILES string of the molecule is Cc1nn(Cc2ncoc2-c2ccccc2)c(C)c1-c1ccc(C#N)c(Cl)c1. The third-order valence-electron chi connectivity index (χ3n) is 4.74. The minimum atomic E-state index is 0.439. The Bertz CT molecular complexity index is 1190. The van der Waals surface area contributed by atoms with E-state index in [1.165, 1.54) is 6.39 Å². The number of aryl methyl sites for hydroxylation is 1. The Morgan fingerprint density at radius 2 is 1.89 bits per heavy atom. The van der Waals surface area contributed by atoms with Crippen molar-refractivity contribution in [1.82, 2.24) is 14.8 Å². The maximum Gasteiger partial charge on any atom is 0.181 e. The lowest BCUT2D eigenvalue weighted by Crippen LogP contribution is -2.05. The van der Waals surface area contributed by atoms with Gasteiger partial charge in [0, 0.05) is 16.8 Å². The molecule has 0 saturated heterocycles. The summed E-state index contributed by atoms with van der Waals surface area (Å²) < 4.78 is 7.54. The zero-order chi connectivity index (χ0) is 19.7.